The second-order valence-electron chi connectivity index (χ2n) is 4.11. The molecule has 2 heterocycles. The molecule has 0 spiro atoms. The molecule has 2 aromatic heterocycles. The van der Waals surface area contributed by atoms with Crippen molar-refractivity contribution in [2.45, 2.75) is 12.8 Å². The summed E-state index contributed by atoms with van der Waals surface area (Å²) in [5.74, 6) is -0.133. The summed E-state index contributed by atoms with van der Waals surface area (Å²) in [6, 6.07) is 0. The minimum atomic E-state index is -0.617. The van der Waals surface area contributed by atoms with Crippen LogP contribution in [0.3, 0.4) is 0 Å². The number of esters is 2. The highest BCUT2D eigenvalue weighted by Gasteiger charge is 2.15. The molecule has 0 radical (unpaired) electrons. The number of nitrogens with zero attached hydrogens (tertiary/aromatic N) is 4. The van der Waals surface area contributed by atoms with Gasteiger partial charge in [0.2, 0.25) is 0 Å². The van der Waals surface area contributed by atoms with E-state index < -0.39 is 11.9 Å². The fraction of sp³-hybridized carbons (Fsp3) is 0.333. The number of imidazole rings is 2. The standard InChI is InChI=1S/C12H14N4O3/c1-15-5-3-13-9(15)7-11(17)19-12(18)8-10-14-4-6-16(10)2/h3-6H,7-8H2,1-2H3. The van der Waals surface area contributed by atoms with Crippen LogP contribution in [0, 0.1) is 0 Å². The van der Waals surface area contributed by atoms with Gasteiger partial charge in [-0.15, -0.1) is 0 Å². The van der Waals surface area contributed by atoms with Gasteiger partial charge in [0.05, 0.1) is 0 Å². The van der Waals surface area contributed by atoms with Gasteiger partial charge < -0.3 is 13.9 Å². The van der Waals surface area contributed by atoms with E-state index in [1.54, 1.807) is 48.0 Å². The number of hydrogen-bond donors (Lipinski definition) is 0. The largest absolute Gasteiger partial charge is 0.392 e. The van der Waals surface area contributed by atoms with E-state index in [4.69, 9.17) is 4.74 Å². The first-order valence-corrected chi connectivity index (χ1v) is 5.72. The lowest BCUT2D eigenvalue weighted by atomic mass is 10.4. The molecular formula is C12H14N4O3. The van der Waals surface area contributed by atoms with Crippen LogP contribution in [0.4, 0.5) is 0 Å². The van der Waals surface area contributed by atoms with Gasteiger partial charge in [0, 0.05) is 38.9 Å². The molecule has 0 fully saturated rings. The fourth-order valence-electron chi connectivity index (χ4n) is 1.59. The van der Waals surface area contributed by atoms with Gasteiger partial charge in [0.15, 0.2) is 0 Å². The highest BCUT2D eigenvalue weighted by Crippen LogP contribution is 2.01. The maximum absolute atomic E-state index is 11.6. The highest BCUT2D eigenvalue weighted by atomic mass is 16.6. The summed E-state index contributed by atoms with van der Waals surface area (Å²) in [7, 11) is 3.54. The predicted molar refractivity (Wildman–Crippen MR) is 64.9 cm³/mol. The Balaban J connectivity index is 1.87. The van der Waals surface area contributed by atoms with Crippen molar-refractivity contribution >= 4 is 11.9 Å². The SMILES string of the molecule is Cn1ccnc1CC(=O)OC(=O)Cc1nccn1C. The third-order valence-corrected chi connectivity index (χ3v) is 2.67. The van der Waals surface area contributed by atoms with Gasteiger partial charge in [-0.05, 0) is 0 Å². The molecule has 7 heteroatoms. The molecule has 2 aromatic rings. The molecule has 7 nitrogen and oxygen atoms in total. The Hall–Kier alpha value is -2.44. The maximum atomic E-state index is 11.6. The molecule has 0 atom stereocenters. The zero-order valence-corrected chi connectivity index (χ0v) is 10.7. The molecule has 0 aromatic carbocycles. The van der Waals surface area contributed by atoms with E-state index >= 15 is 0 Å². The first-order valence-electron chi connectivity index (χ1n) is 5.72. The summed E-state index contributed by atoms with van der Waals surface area (Å²) >= 11 is 0. The Kier molecular flexibility index (Phi) is 3.74. The molecule has 0 saturated heterocycles. The van der Waals surface area contributed by atoms with Crippen LogP contribution in [0.15, 0.2) is 24.8 Å². The minimum absolute atomic E-state index is 0.0319. The number of aryl methyl sites for hydroxylation is 2. The molecule has 19 heavy (non-hydrogen) atoms. The quantitative estimate of drug-likeness (QED) is 0.573. The Labute approximate surface area is 109 Å². The number of aromatic nitrogens is 4. The van der Waals surface area contributed by atoms with E-state index in [1.165, 1.54) is 0 Å². The predicted octanol–water partition coefficient (Wildman–Crippen LogP) is 0.00860. The zero-order valence-electron chi connectivity index (χ0n) is 10.7. The lowest BCUT2D eigenvalue weighted by Gasteiger charge is -2.03. The van der Waals surface area contributed by atoms with Crippen LogP contribution >= 0.6 is 0 Å². The summed E-state index contributed by atoms with van der Waals surface area (Å²) in [6.45, 7) is 0. The van der Waals surface area contributed by atoms with Crippen molar-refractivity contribution in [2.75, 3.05) is 0 Å². The number of carbonyl (C=O) groups is 2. The van der Waals surface area contributed by atoms with E-state index in [0.717, 1.165) is 0 Å². The van der Waals surface area contributed by atoms with Crippen LogP contribution < -0.4 is 0 Å². The molecule has 2 rings (SSSR count). The summed E-state index contributed by atoms with van der Waals surface area (Å²) in [5.41, 5.74) is 0. The van der Waals surface area contributed by atoms with Crippen molar-refractivity contribution in [3.8, 4) is 0 Å². The molecule has 0 amide bonds. The average Bonchev–Trinajstić information content (AvgIpc) is 2.90. The van der Waals surface area contributed by atoms with E-state index in [1.807, 2.05) is 0 Å². The molecule has 0 N–H and O–H groups in total. The third kappa shape index (κ3) is 3.27. The van der Waals surface area contributed by atoms with E-state index in [2.05, 4.69) is 9.97 Å². The molecule has 0 aliphatic heterocycles. The zero-order chi connectivity index (χ0) is 13.8. The van der Waals surface area contributed by atoms with E-state index in [0.29, 0.717) is 11.6 Å². The van der Waals surface area contributed by atoms with Crippen LogP contribution in [0.25, 0.3) is 0 Å². The first-order chi connectivity index (χ1) is 9.06. The molecule has 0 aliphatic carbocycles. The van der Waals surface area contributed by atoms with Gasteiger partial charge in [-0.1, -0.05) is 0 Å². The molecule has 0 bridgehead atoms. The Morgan fingerprint density at radius 1 is 1.00 bits per heavy atom. The van der Waals surface area contributed by atoms with Crippen LogP contribution in [0.2, 0.25) is 0 Å². The monoisotopic (exact) mass is 262 g/mol. The lowest BCUT2D eigenvalue weighted by Crippen LogP contribution is -2.19. The van der Waals surface area contributed by atoms with Crippen LogP contribution in [0.1, 0.15) is 11.6 Å². The number of ether oxygens (including phenoxy) is 1. The second-order valence-corrected chi connectivity index (χ2v) is 4.11. The van der Waals surface area contributed by atoms with E-state index in [9.17, 15) is 9.59 Å². The number of rotatable bonds is 4. The van der Waals surface area contributed by atoms with Crippen LogP contribution in [-0.2, 0) is 41.3 Å². The number of hydrogen-bond acceptors (Lipinski definition) is 5. The van der Waals surface area contributed by atoms with Crippen LogP contribution in [0.5, 0.6) is 0 Å². The number of carbonyl (C=O) groups excluding carboxylic acids is 2. The van der Waals surface area contributed by atoms with Crippen molar-refractivity contribution in [2.24, 2.45) is 14.1 Å². The van der Waals surface area contributed by atoms with Crippen molar-refractivity contribution in [3.63, 3.8) is 0 Å². The molecule has 0 unspecified atom stereocenters. The Morgan fingerprint density at radius 2 is 1.42 bits per heavy atom. The summed E-state index contributed by atoms with van der Waals surface area (Å²) in [5, 5.41) is 0. The fourth-order valence-corrected chi connectivity index (χ4v) is 1.59. The molecular weight excluding hydrogens is 248 g/mol. The minimum Gasteiger partial charge on any atom is -0.392 e. The normalized spacial score (nSPS) is 10.4. The lowest BCUT2D eigenvalue weighted by molar-refractivity contribution is -0.158. The summed E-state index contributed by atoms with van der Waals surface area (Å²) in [6.07, 6.45) is 6.54. The highest BCUT2D eigenvalue weighted by molar-refractivity contribution is 5.87. The van der Waals surface area contributed by atoms with Crippen LogP contribution in [-0.4, -0.2) is 31.0 Å². The van der Waals surface area contributed by atoms with Gasteiger partial charge in [-0.3, -0.25) is 9.59 Å². The van der Waals surface area contributed by atoms with E-state index in [-0.39, 0.29) is 12.8 Å². The molecule has 100 valence electrons. The van der Waals surface area contributed by atoms with Crippen molar-refractivity contribution < 1.29 is 14.3 Å². The molecule has 0 saturated carbocycles. The van der Waals surface area contributed by atoms with Gasteiger partial charge in [0.25, 0.3) is 0 Å². The van der Waals surface area contributed by atoms with Gasteiger partial charge >= 0.3 is 11.9 Å². The average molecular weight is 262 g/mol. The Bertz CT molecular complexity index is 547. The first kappa shape index (κ1) is 13.0. The maximum Gasteiger partial charge on any atom is 0.321 e. The van der Waals surface area contributed by atoms with Gasteiger partial charge in [-0.2, -0.15) is 0 Å². The van der Waals surface area contributed by atoms with Gasteiger partial charge in [0.1, 0.15) is 24.5 Å². The molecule has 0 aliphatic rings. The Morgan fingerprint density at radius 3 is 1.74 bits per heavy atom. The van der Waals surface area contributed by atoms with Gasteiger partial charge in [-0.25, -0.2) is 9.97 Å². The summed E-state index contributed by atoms with van der Waals surface area (Å²) < 4.78 is 8.12. The smallest absolute Gasteiger partial charge is 0.321 e. The van der Waals surface area contributed by atoms with Crippen molar-refractivity contribution in [3.05, 3.63) is 36.4 Å². The second kappa shape index (κ2) is 5.47. The topological polar surface area (TPSA) is 79.0 Å². The third-order valence-electron chi connectivity index (χ3n) is 2.67. The summed E-state index contributed by atoms with van der Waals surface area (Å²) in [4.78, 5) is 31.1. The van der Waals surface area contributed by atoms with Crippen molar-refractivity contribution in [1.82, 2.24) is 19.1 Å². The van der Waals surface area contributed by atoms with Crippen molar-refractivity contribution in [1.29, 1.82) is 0 Å².